The van der Waals surface area contributed by atoms with Crippen LogP contribution in [-0.2, 0) is 4.79 Å². The molecule has 1 amide bonds. The van der Waals surface area contributed by atoms with E-state index < -0.39 is 0 Å². The number of carbonyl (C=O) groups is 1. The van der Waals surface area contributed by atoms with Gasteiger partial charge in [-0.3, -0.25) is 4.79 Å². The van der Waals surface area contributed by atoms with Crippen molar-refractivity contribution in [2.75, 3.05) is 19.7 Å². The number of nitrogens with one attached hydrogen (secondary N) is 1. The van der Waals surface area contributed by atoms with E-state index in [1.54, 1.807) is 0 Å². The summed E-state index contributed by atoms with van der Waals surface area (Å²) in [5.74, 6) is 0.119. The minimum absolute atomic E-state index is 0.0569. The number of likely N-dealkylation sites (N-methyl/N-ethyl adjacent to an activating group) is 1. The van der Waals surface area contributed by atoms with E-state index in [1.165, 1.54) is 0 Å². The van der Waals surface area contributed by atoms with E-state index in [9.17, 15) is 4.79 Å². The second kappa shape index (κ2) is 4.94. The average Bonchev–Trinajstić information content (AvgIpc) is 2.25. The summed E-state index contributed by atoms with van der Waals surface area (Å²) in [6, 6.07) is -0.211. The molecule has 0 radical (unpaired) electrons. The molecule has 4 heteroatoms. The van der Waals surface area contributed by atoms with E-state index in [0.717, 1.165) is 19.5 Å². The maximum Gasteiger partial charge on any atom is 0.240 e. The molecule has 1 fully saturated rings. The molecule has 0 bridgehead atoms. The summed E-state index contributed by atoms with van der Waals surface area (Å²) in [6.45, 7) is 7.81. The van der Waals surface area contributed by atoms with E-state index in [2.05, 4.69) is 19.2 Å². The van der Waals surface area contributed by atoms with Crippen LogP contribution < -0.4 is 5.32 Å². The molecule has 4 nitrogen and oxygen atoms in total. The molecule has 1 rings (SSSR count). The Hall–Kier alpha value is -0.610. The first kappa shape index (κ1) is 12.5. The molecule has 1 heterocycles. The minimum Gasteiger partial charge on any atom is -0.396 e. The largest absolute Gasteiger partial charge is 0.396 e. The number of hydrogen-bond acceptors (Lipinski definition) is 3. The maximum absolute atomic E-state index is 12.1. The van der Waals surface area contributed by atoms with Crippen molar-refractivity contribution < 1.29 is 9.90 Å². The van der Waals surface area contributed by atoms with Gasteiger partial charge in [0.1, 0.15) is 0 Å². The lowest BCUT2D eigenvalue weighted by atomic mass is 9.98. The van der Waals surface area contributed by atoms with Crippen molar-refractivity contribution >= 4 is 5.91 Å². The minimum atomic E-state index is -0.211. The van der Waals surface area contributed by atoms with E-state index in [4.69, 9.17) is 5.11 Å². The predicted molar refractivity (Wildman–Crippen MR) is 59.6 cm³/mol. The zero-order valence-electron chi connectivity index (χ0n) is 9.92. The SMILES string of the molecule is CCN1C(=O)C(CCO)NCCC1(C)C. The molecule has 0 spiro atoms. The van der Waals surface area contributed by atoms with E-state index in [1.807, 2.05) is 11.8 Å². The molecular formula is C11H22N2O2. The normalized spacial score (nSPS) is 26.5. The van der Waals surface area contributed by atoms with Gasteiger partial charge in [-0.25, -0.2) is 0 Å². The van der Waals surface area contributed by atoms with E-state index in [0.29, 0.717) is 6.42 Å². The van der Waals surface area contributed by atoms with Gasteiger partial charge in [-0.2, -0.15) is 0 Å². The average molecular weight is 214 g/mol. The lowest BCUT2D eigenvalue weighted by molar-refractivity contribution is -0.137. The predicted octanol–water partition coefficient (Wildman–Crippen LogP) is 0.358. The van der Waals surface area contributed by atoms with Crippen molar-refractivity contribution in [3.63, 3.8) is 0 Å². The zero-order chi connectivity index (χ0) is 11.5. The Kier molecular flexibility index (Phi) is 4.11. The molecule has 0 saturated carbocycles. The van der Waals surface area contributed by atoms with Crippen LogP contribution in [0.15, 0.2) is 0 Å². The van der Waals surface area contributed by atoms with E-state index >= 15 is 0 Å². The molecule has 15 heavy (non-hydrogen) atoms. The fourth-order valence-electron chi connectivity index (χ4n) is 2.20. The topological polar surface area (TPSA) is 52.6 Å². The van der Waals surface area contributed by atoms with Gasteiger partial charge in [0.25, 0.3) is 0 Å². The lowest BCUT2D eigenvalue weighted by Crippen LogP contribution is -2.51. The maximum atomic E-state index is 12.1. The number of aliphatic hydroxyl groups excluding tert-OH is 1. The van der Waals surface area contributed by atoms with Crippen LogP contribution in [0, 0.1) is 0 Å². The van der Waals surface area contributed by atoms with Gasteiger partial charge in [-0.15, -0.1) is 0 Å². The lowest BCUT2D eigenvalue weighted by Gasteiger charge is -2.37. The summed E-state index contributed by atoms with van der Waals surface area (Å²) in [5, 5.41) is 12.1. The molecule has 1 unspecified atom stereocenters. The number of carbonyl (C=O) groups excluding carboxylic acids is 1. The van der Waals surface area contributed by atoms with E-state index in [-0.39, 0.29) is 24.1 Å². The molecule has 1 aliphatic rings. The smallest absolute Gasteiger partial charge is 0.240 e. The van der Waals surface area contributed by atoms with Gasteiger partial charge in [0.2, 0.25) is 5.91 Å². The van der Waals surface area contributed by atoms with Crippen molar-refractivity contribution in [3.05, 3.63) is 0 Å². The van der Waals surface area contributed by atoms with Gasteiger partial charge in [0.05, 0.1) is 6.04 Å². The third kappa shape index (κ3) is 2.69. The Morgan fingerprint density at radius 1 is 1.60 bits per heavy atom. The van der Waals surface area contributed by atoms with Gasteiger partial charge < -0.3 is 15.3 Å². The molecule has 1 atom stereocenters. The summed E-state index contributed by atoms with van der Waals surface area (Å²) in [6.07, 6.45) is 1.46. The molecule has 1 saturated heterocycles. The van der Waals surface area contributed by atoms with Gasteiger partial charge >= 0.3 is 0 Å². The highest BCUT2D eigenvalue weighted by molar-refractivity contribution is 5.82. The first-order valence-electron chi connectivity index (χ1n) is 5.68. The fraction of sp³-hybridized carbons (Fsp3) is 0.909. The van der Waals surface area contributed by atoms with Crippen molar-refractivity contribution in [1.29, 1.82) is 0 Å². The number of amides is 1. The monoisotopic (exact) mass is 214 g/mol. The Balaban J connectivity index is 2.81. The molecule has 2 N–H and O–H groups in total. The van der Waals surface area contributed by atoms with Crippen LogP contribution in [-0.4, -0.2) is 47.2 Å². The van der Waals surface area contributed by atoms with Crippen molar-refractivity contribution in [1.82, 2.24) is 10.2 Å². The molecule has 0 aliphatic carbocycles. The summed E-state index contributed by atoms with van der Waals surface area (Å²) in [4.78, 5) is 14.0. The van der Waals surface area contributed by atoms with Crippen LogP contribution in [0.2, 0.25) is 0 Å². The van der Waals surface area contributed by atoms with Crippen LogP contribution in [0.5, 0.6) is 0 Å². The Labute approximate surface area is 91.6 Å². The van der Waals surface area contributed by atoms with Gasteiger partial charge in [-0.05, 0) is 40.2 Å². The number of rotatable bonds is 3. The molecule has 0 aromatic heterocycles. The third-order valence-corrected chi connectivity index (χ3v) is 3.16. The first-order valence-corrected chi connectivity index (χ1v) is 5.68. The molecule has 0 aromatic carbocycles. The highest BCUT2D eigenvalue weighted by Crippen LogP contribution is 2.22. The summed E-state index contributed by atoms with van der Waals surface area (Å²) < 4.78 is 0. The second-order valence-corrected chi connectivity index (χ2v) is 4.66. The van der Waals surface area contributed by atoms with Gasteiger partial charge in [0, 0.05) is 18.7 Å². The van der Waals surface area contributed by atoms with Gasteiger partial charge in [0.15, 0.2) is 0 Å². The van der Waals surface area contributed by atoms with Crippen molar-refractivity contribution in [2.24, 2.45) is 0 Å². The third-order valence-electron chi connectivity index (χ3n) is 3.16. The second-order valence-electron chi connectivity index (χ2n) is 4.66. The molecule has 0 aromatic rings. The molecular weight excluding hydrogens is 192 g/mol. The van der Waals surface area contributed by atoms with Gasteiger partial charge in [-0.1, -0.05) is 0 Å². The molecule has 88 valence electrons. The zero-order valence-corrected chi connectivity index (χ0v) is 9.92. The number of nitrogens with zero attached hydrogens (tertiary/aromatic N) is 1. The first-order chi connectivity index (χ1) is 7.03. The standard InChI is InChI=1S/C11H22N2O2/c1-4-13-10(15)9(5-8-14)12-7-6-11(13,2)3/h9,12,14H,4-8H2,1-3H3. The number of hydrogen-bond donors (Lipinski definition) is 2. The fourth-order valence-corrected chi connectivity index (χ4v) is 2.20. The van der Waals surface area contributed by atoms with Crippen molar-refractivity contribution in [3.8, 4) is 0 Å². The van der Waals surface area contributed by atoms with Crippen LogP contribution in [0.3, 0.4) is 0 Å². The van der Waals surface area contributed by atoms with Crippen LogP contribution in [0.4, 0.5) is 0 Å². The van der Waals surface area contributed by atoms with Crippen LogP contribution >= 0.6 is 0 Å². The Morgan fingerprint density at radius 3 is 2.80 bits per heavy atom. The quantitative estimate of drug-likeness (QED) is 0.713. The Bertz CT molecular complexity index is 229. The summed E-state index contributed by atoms with van der Waals surface area (Å²) in [5.41, 5.74) is -0.0803. The summed E-state index contributed by atoms with van der Waals surface area (Å²) >= 11 is 0. The summed E-state index contributed by atoms with van der Waals surface area (Å²) in [7, 11) is 0. The van der Waals surface area contributed by atoms with Crippen LogP contribution in [0.1, 0.15) is 33.6 Å². The van der Waals surface area contributed by atoms with Crippen molar-refractivity contribution in [2.45, 2.75) is 45.2 Å². The highest BCUT2D eigenvalue weighted by atomic mass is 16.3. The molecule has 1 aliphatic heterocycles. The van der Waals surface area contributed by atoms with Crippen LogP contribution in [0.25, 0.3) is 0 Å². The highest BCUT2D eigenvalue weighted by Gasteiger charge is 2.35. The Morgan fingerprint density at radius 2 is 2.27 bits per heavy atom. The number of aliphatic hydroxyl groups is 1.